The van der Waals surface area contributed by atoms with Crippen LogP contribution < -0.4 is 15.4 Å². The minimum atomic E-state index is -0.511. The van der Waals surface area contributed by atoms with Gasteiger partial charge >= 0.3 is 0 Å². The number of carbonyl (C=O) groups is 1. The molecule has 1 heterocycles. The van der Waals surface area contributed by atoms with Gasteiger partial charge in [-0.05, 0) is 47.5 Å². The maximum Gasteiger partial charge on any atom is 0.256 e. The number of ether oxygens (including phenoxy) is 1. The first-order valence-corrected chi connectivity index (χ1v) is 6.79. The van der Waals surface area contributed by atoms with Gasteiger partial charge in [0.2, 0.25) is 0 Å². The summed E-state index contributed by atoms with van der Waals surface area (Å²) in [5.41, 5.74) is 0.825. The van der Waals surface area contributed by atoms with Crippen LogP contribution in [0.5, 0.6) is 5.75 Å². The van der Waals surface area contributed by atoms with Gasteiger partial charge in [0.1, 0.15) is 5.75 Å². The van der Waals surface area contributed by atoms with Crippen molar-refractivity contribution < 1.29 is 9.53 Å². The Balaban J connectivity index is 2.24. The summed E-state index contributed by atoms with van der Waals surface area (Å²) >= 11 is 3.41. The number of nitrogens with one attached hydrogen (secondary N) is 2. The van der Waals surface area contributed by atoms with Crippen molar-refractivity contribution in [1.82, 2.24) is 10.6 Å². The molecular formula is C13H16BrN3O2. The number of hydrogen-bond acceptors (Lipinski definition) is 4. The van der Waals surface area contributed by atoms with Gasteiger partial charge in [-0.25, -0.2) is 4.99 Å². The third kappa shape index (κ3) is 3.07. The molecule has 0 saturated heterocycles. The van der Waals surface area contributed by atoms with E-state index in [9.17, 15) is 4.79 Å². The van der Waals surface area contributed by atoms with E-state index in [0.29, 0.717) is 5.96 Å². The van der Waals surface area contributed by atoms with Gasteiger partial charge < -0.3 is 10.1 Å². The van der Waals surface area contributed by atoms with Gasteiger partial charge in [0, 0.05) is 6.04 Å². The molecular weight excluding hydrogens is 310 g/mol. The van der Waals surface area contributed by atoms with Crippen LogP contribution in [0, 0.1) is 0 Å². The zero-order valence-corrected chi connectivity index (χ0v) is 12.6. The molecule has 19 heavy (non-hydrogen) atoms. The number of methoxy groups -OCH3 is 1. The molecule has 1 aliphatic rings. The summed E-state index contributed by atoms with van der Waals surface area (Å²) in [6.45, 7) is 3.98. The average molecular weight is 326 g/mol. The van der Waals surface area contributed by atoms with Crippen molar-refractivity contribution in [3.8, 4) is 5.75 Å². The molecule has 2 N–H and O–H groups in total. The van der Waals surface area contributed by atoms with Crippen LogP contribution >= 0.6 is 15.9 Å². The van der Waals surface area contributed by atoms with Crippen molar-refractivity contribution in [3.05, 3.63) is 28.2 Å². The fourth-order valence-corrected chi connectivity index (χ4v) is 2.39. The zero-order chi connectivity index (χ0) is 14.0. The summed E-state index contributed by atoms with van der Waals surface area (Å²) < 4.78 is 5.97. The molecule has 1 atom stereocenters. The lowest BCUT2D eigenvalue weighted by Crippen LogP contribution is -2.40. The highest BCUT2D eigenvalue weighted by molar-refractivity contribution is 9.10. The molecule has 1 unspecified atom stereocenters. The standard InChI is InChI=1S/C13H16BrN3O2/c1-7(2)15-13-16-11(12(18)17-13)8-4-5-10(19-3)9(14)6-8/h4-7,11H,1-3H3,(H2,15,16,17,18). The van der Waals surface area contributed by atoms with E-state index in [1.54, 1.807) is 7.11 Å². The van der Waals surface area contributed by atoms with Crippen LogP contribution in [0.1, 0.15) is 25.5 Å². The van der Waals surface area contributed by atoms with Crippen molar-refractivity contribution >= 4 is 27.8 Å². The van der Waals surface area contributed by atoms with Gasteiger partial charge in [-0.3, -0.25) is 10.1 Å². The highest BCUT2D eigenvalue weighted by Crippen LogP contribution is 2.30. The highest BCUT2D eigenvalue weighted by Gasteiger charge is 2.28. The first kappa shape index (κ1) is 13.9. The van der Waals surface area contributed by atoms with Crippen LogP contribution in [-0.2, 0) is 4.79 Å². The maximum absolute atomic E-state index is 11.9. The van der Waals surface area contributed by atoms with Gasteiger partial charge in [-0.15, -0.1) is 0 Å². The van der Waals surface area contributed by atoms with E-state index in [4.69, 9.17) is 4.74 Å². The SMILES string of the molecule is COc1ccc(C2N=C(NC(C)C)NC2=O)cc1Br. The minimum absolute atomic E-state index is 0.125. The summed E-state index contributed by atoms with van der Waals surface area (Å²) in [4.78, 5) is 16.3. The van der Waals surface area contributed by atoms with Gasteiger partial charge in [-0.2, -0.15) is 0 Å². The molecule has 0 fully saturated rings. The zero-order valence-electron chi connectivity index (χ0n) is 11.0. The molecule has 0 radical (unpaired) electrons. The second kappa shape index (κ2) is 5.61. The summed E-state index contributed by atoms with van der Waals surface area (Å²) in [7, 11) is 1.60. The van der Waals surface area contributed by atoms with Gasteiger partial charge in [0.25, 0.3) is 5.91 Å². The first-order chi connectivity index (χ1) is 9.01. The molecule has 0 spiro atoms. The lowest BCUT2D eigenvalue weighted by atomic mass is 10.1. The molecule has 1 aromatic carbocycles. The quantitative estimate of drug-likeness (QED) is 0.893. The van der Waals surface area contributed by atoms with E-state index in [2.05, 4.69) is 31.6 Å². The Bertz CT molecular complexity index is 529. The number of nitrogens with zero attached hydrogens (tertiary/aromatic N) is 1. The van der Waals surface area contributed by atoms with Crippen LogP contribution in [-0.4, -0.2) is 25.0 Å². The van der Waals surface area contributed by atoms with E-state index in [1.165, 1.54) is 0 Å². The Morgan fingerprint density at radius 3 is 2.79 bits per heavy atom. The molecule has 102 valence electrons. The Morgan fingerprint density at radius 1 is 1.47 bits per heavy atom. The number of aliphatic imine (C=N–C) groups is 1. The number of guanidine groups is 1. The van der Waals surface area contributed by atoms with E-state index < -0.39 is 6.04 Å². The highest BCUT2D eigenvalue weighted by atomic mass is 79.9. The van der Waals surface area contributed by atoms with E-state index in [1.807, 2.05) is 32.0 Å². The van der Waals surface area contributed by atoms with Crippen LogP contribution in [0.15, 0.2) is 27.7 Å². The molecule has 1 amide bonds. The molecule has 1 aliphatic heterocycles. The molecule has 0 aromatic heterocycles. The third-order valence-corrected chi connectivity index (χ3v) is 3.28. The summed E-state index contributed by atoms with van der Waals surface area (Å²) in [5.74, 6) is 1.13. The van der Waals surface area contributed by atoms with Crippen molar-refractivity contribution in [2.75, 3.05) is 7.11 Å². The van der Waals surface area contributed by atoms with E-state index >= 15 is 0 Å². The fraction of sp³-hybridized carbons (Fsp3) is 0.385. The van der Waals surface area contributed by atoms with Crippen LogP contribution in [0.25, 0.3) is 0 Å². The van der Waals surface area contributed by atoms with Crippen LogP contribution in [0.3, 0.4) is 0 Å². The van der Waals surface area contributed by atoms with Gasteiger partial charge in [0.05, 0.1) is 11.6 Å². The smallest absolute Gasteiger partial charge is 0.256 e. The monoisotopic (exact) mass is 325 g/mol. The van der Waals surface area contributed by atoms with Crippen LogP contribution in [0.4, 0.5) is 0 Å². The molecule has 1 aromatic rings. The predicted octanol–water partition coefficient (Wildman–Crippen LogP) is 1.98. The molecule has 2 rings (SSSR count). The lowest BCUT2D eigenvalue weighted by Gasteiger charge is -2.08. The number of benzene rings is 1. The molecule has 0 bridgehead atoms. The van der Waals surface area contributed by atoms with Crippen LogP contribution in [0.2, 0.25) is 0 Å². The summed E-state index contributed by atoms with van der Waals surface area (Å²) in [5, 5.41) is 5.83. The van der Waals surface area contributed by atoms with Gasteiger partial charge in [-0.1, -0.05) is 6.07 Å². The normalized spacial score (nSPS) is 18.3. The first-order valence-electron chi connectivity index (χ1n) is 6.00. The van der Waals surface area contributed by atoms with E-state index in [-0.39, 0.29) is 11.9 Å². The number of amides is 1. The Labute approximate surface area is 120 Å². The number of halogens is 1. The third-order valence-electron chi connectivity index (χ3n) is 2.67. The van der Waals surface area contributed by atoms with Crippen molar-refractivity contribution in [2.24, 2.45) is 4.99 Å². The van der Waals surface area contributed by atoms with E-state index in [0.717, 1.165) is 15.8 Å². The molecule has 0 aliphatic carbocycles. The summed E-state index contributed by atoms with van der Waals surface area (Å²) in [6, 6.07) is 5.22. The predicted molar refractivity (Wildman–Crippen MR) is 77.3 cm³/mol. The maximum atomic E-state index is 11.9. The van der Waals surface area contributed by atoms with Gasteiger partial charge in [0.15, 0.2) is 12.0 Å². The number of carbonyl (C=O) groups excluding carboxylic acids is 1. The summed E-state index contributed by atoms with van der Waals surface area (Å²) in [6.07, 6.45) is 0. The molecule has 0 saturated carbocycles. The van der Waals surface area contributed by atoms with Crippen molar-refractivity contribution in [3.63, 3.8) is 0 Å². The lowest BCUT2D eigenvalue weighted by molar-refractivity contribution is -0.120. The number of hydrogen-bond donors (Lipinski definition) is 2. The Morgan fingerprint density at radius 2 is 2.21 bits per heavy atom. The molecule has 6 heteroatoms. The Kier molecular flexibility index (Phi) is 4.09. The largest absolute Gasteiger partial charge is 0.496 e. The average Bonchev–Trinajstić information content (AvgIpc) is 2.69. The van der Waals surface area contributed by atoms with Crippen molar-refractivity contribution in [2.45, 2.75) is 25.9 Å². The topological polar surface area (TPSA) is 62.7 Å². The second-order valence-corrected chi connectivity index (χ2v) is 5.42. The molecule has 5 nitrogen and oxygen atoms in total. The van der Waals surface area contributed by atoms with Crippen molar-refractivity contribution in [1.29, 1.82) is 0 Å². The second-order valence-electron chi connectivity index (χ2n) is 4.56. The minimum Gasteiger partial charge on any atom is -0.496 e. The fourth-order valence-electron chi connectivity index (χ4n) is 1.83. The Hall–Kier alpha value is -1.56. The number of rotatable bonds is 3.